The molecule has 1 saturated heterocycles. The lowest BCUT2D eigenvalue weighted by Gasteiger charge is -2.31. The number of hydrogen-bond donors (Lipinski definition) is 0. The molecule has 0 spiro atoms. The van der Waals surface area contributed by atoms with Crippen molar-refractivity contribution in [3.05, 3.63) is 58.9 Å². The van der Waals surface area contributed by atoms with Crippen LogP contribution < -0.4 is 9.64 Å². The number of benzene rings is 2. The van der Waals surface area contributed by atoms with Crippen LogP contribution in [-0.4, -0.2) is 29.5 Å². The molecular formula is C20H15F7N2O3. The van der Waals surface area contributed by atoms with Crippen molar-refractivity contribution >= 4 is 17.6 Å². The minimum atomic E-state index is -5.13. The van der Waals surface area contributed by atoms with Crippen LogP contribution in [0.2, 0.25) is 0 Å². The zero-order chi connectivity index (χ0) is 24.2. The standard InChI is InChI=1S/C20H15F7N2O3/c1-19(2)17(30)28(9-4-6-12(21)11(8-9)20(25,26)27)18(31)29(19)16(24)10-5-7-13(32-3)15(23)14(10)22/h4-8,16H,1-3H3. The van der Waals surface area contributed by atoms with Gasteiger partial charge in [-0.2, -0.15) is 17.6 Å². The smallest absolute Gasteiger partial charge is 0.419 e. The third-order valence-corrected chi connectivity index (χ3v) is 5.02. The summed E-state index contributed by atoms with van der Waals surface area (Å²) in [5.41, 5.74) is -5.36. The maximum atomic E-state index is 15.3. The fourth-order valence-electron chi connectivity index (χ4n) is 3.32. The third kappa shape index (κ3) is 3.53. The topological polar surface area (TPSA) is 49.9 Å². The monoisotopic (exact) mass is 464 g/mol. The first-order valence-electron chi connectivity index (χ1n) is 8.94. The molecule has 2 aromatic rings. The molecule has 0 bridgehead atoms. The Labute approximate surface area is 177 Å². The number of halogens is 7. The first kappa shape index (κ1) is 23.4. The normalized spacial score (nSPS) is 17.2. The molecule has 3 amide bonds. The number of urea groups is 1. The number of rotatable bonds is 4. The van der Waals surface area contributed by atoms with Gasteiger partial charge < -0.3 is 4.74 Å². The quantitative estimate of drug-likeness (QED) is 0.349. The van der Waals surface area contributed by atoms with Crippen molar-refractivity contribution in [2.45, 2.75) is 31.9 Å². The third-order valence-electron chi connectivity index (χ3n) is 5.02. The molecule has 172 valence electrons. The fourth-order valence-corrected chi connectivity index (χ4v) is 3.32. The van der Waals surface area contributed by atoms with Crippen LogP contribution in [-0.2, 0) is 11.0 Å². The first-order valence-corrected chi connectivity index (χ1v) is 8.94. The van der Waals surface area contributed by atoms with E-state index in [1.54, 1.807) is 0 Å². The van der Waals surface area contributed by atoms with E-state index < -0.39 is 70.0 Å². The molecule has 32 heavy (non-hydrogen) atoms. The molecule has 0 radical (unpaired) electrons. The Balaban J connectivity index is 2.08. The lowest BCUT2D eigenvalue weighted by molar-refractivity contribution is -0.140. The van der Waals surface area contributed by atoms with E-state index >= 15 is 4.39 Å². The molecule has 1 heterocycles. The van der Waals surface area contributed by atoms with Crippen molar-refractivity contribution in [1.29, 1.82) is 0 Å². The lowest BCUT2D eigenvalue weighted by Crippen LogP contribution is -2.45. The van der Waals surface area contributed by atoms with Gasteiger partial charge in [-0.15, -0.1) is 0 Å². The van der Waals surface area contributed by atoms with Crippen LogP contribution >= 0.6 is 0 Å². The maximum absolute atomic E-state index is 15.3. The van der Waals surface area contributed by atoms with Crippen molar-refractivity contribution in [2.75, 3.05) is 12.0 Å². The summed E-state index contributed by atoms with van der Waals surface area (Å²) in [4.78, 5) is 26.2. The average molecular weight is 464 g/mol. The second-order valence-electron chi connectivity index (χ2n) is 7.33. The Morgan fingerprint density at radius 1 is 1.00 bits per heavy atom. The summed E-state index contributed by atoms with van der Waals surface area (Å²) < 4.78 is 101. The molecule has 5 nitrogen and oxygen atoms in total. The van der Waals surface area contributed by atoms with E-state index in [0.717, 1.165) is 39.2 Å². The van der Waals surface area contributed by atoms with Gasteiger partial charge in [-0.3, -0.25) is 9.69 Å². The summed E-state index contributed by atoms with van der Waals surface area (Å²) in [7, 11) is 1.05. The Bertz CT molecular complexity index is 1100. The van der Waals surface area contributed by atoms with Gasteiger partial charge in [0.15, 0.2) is 11.6 Å². The number of methoxy groups -OCH3 is 1. The second kappa shape index (κ2) is 7.68. The Hall–Kier alpha value is -3.31. The van der Waals surface area contributed by atoms with E-state index in [-0.39, 0.29) is 15.9 Å². The molecule has 0 aromatic heterocycles. The highest BCUT2D eigenvalue weighted by Crippen LogP contribution is 2.42. The fraction of sp³-hybridized carbons (Fsp3) is 0.300. The predicted octanol–water partition coefficient (Wildman–Crippen LogP) is 5.35. The van der Waals surface area contributed by atoms with Crippen molar-refractivity contribution in [2.24, 2.45) is 0 Å². The summed E-state index contributed by atoms with van der Waals surface area (Å²) >= 11 is 0. The number of nitrogens with zero attached hydrogens (tertiary/aromatic N) is 2. The van der Waals surface area contributed by atoms with Crippen LogP contribution in [0.25, 0.3) is 0 Å². The number of carbonyl (C=O) groups is 2. The van der Waals surface area contributed by atoms with Gasteiger partial charge in [-0.05, 0) is 44.2 Å². The largest absolute Gasteiger partial charge is 0.494 e. The summed E-state index contributed by atoms with van der Waals surface area (Å²) in [6.45, 7) is 2.15. The SMILES string of the molecule is COc1ccc(C(F)N2C(=O)N(c3ccc(F)c(C(F)(F)F)c3)C(=O)C2(C)C)c(F)c1F. The number of carbonyl (C=O) groups excluding carboxylic acids is 2. The van der Waals surface area contributed by atoms with Gasteiger partial charge in [0.05, 0.1) is 18.4 Å². The average Bonchev–Trinajstić information content (AvgIpc) is 2.87. The van der Waals surface area contributed by atoms with E-state index in [4.69, 9.17) is 0 Å². The van der Waals surface area contributed by atoms with Crippen LogP contribution in [0.1, 0.15) is 31.3 Å². The molecule has 1 unspecified atom stereocenters. The minimum absolute atomic E-state index is 0.221. The van der Waals surface area contributed by atoms with Crippen LogP contribution in [0.3, 0.4) is 0 Å². The van der Waals surface area contributed by atoms with Crippen LogP contribution in [0.4, 0.5) is 41.2 Å². The van der Waals surface area contributed by atoms with Gasteiger partial charge in [0.2, 0.25) is 12.1 Å². The highest BCUT2D eigenvalue weighted by atomic mass is 19.4. The summed E-state index contributed by atoms with van der Waals surface area (Å²) in [5.74, 6) is -6.54. The molecule has 0 saturated carbocycles. The Kier molecular flexibility index (Phi) is 5.60. The molecular weight excluding hydrogens is 449 g/mol. The Morgan fingerprint density at radius 2 is 1.62 bits per heavy atom. The second-order valence-corrected chi connectivity index (χ2v) is 7.33. The van der Waals surface area contributed by atoms with Gasteiger partial charge in [0.25, 0.3) is 5.91 Å². The highest BCUT2D eigenvalue weighted by Gasteiger charge is 2.56. The van der Waals surface area contributed by atoms with Crippen LogP contribution in [0.15, 0.2) is 30.3 Å². The van der Waals surface area contributed by atoms with Crippen molar-refractivity contribution in [3.8, 4) is 5.75 Å². The molecule has 12 heteroatoms. The van der Waals surface area contributed by atoms with Gasteiger partial charge >= 0.3 is 12.2 Å². The Morgan fingerprint density at radius 3 is 2.19 bits per heavy atom. The van der Waals surface area contributed by atoms with E-state index in [2.05, 4.69) is 4.74 Å². The van der Waals surface area contributed by atoms with Crippen molar-refractivity contribution in [1.82, 2.24) is 4.90 Å². The molecule has 3 rings (SSSR count). The molecule has 0 N–H and O–H groups in total. The van der Waals surface area contributed by atoms with Crippen LogP contribution in [0, 0.1) is 17.5 Å². The van der Waals surface area contributed by atoms with E-state index in [1.807, 2.05) is 0 Å². The zero-order valence-electron chi connectivity index (χ0n) is 16.7. The molecule has 1 atom stereocenters. The summed E-state index contributed by atoms with van der Waals surface area (Å²) in [6.07, 6.45) is -7.82. The number of amides is 3. The van der Waals surface area contributed by atoms with Gasteiger partial charge in [-0.1, -0.05) is 0 Å². The molecule has 2 aromatic carbocycles. The van der Waals surface area contributed by atoms with Gasteiger partial charge in [0, 0.05) is 5.56 Å². The first-order chi connectivity index (χ1) is 14.7. The number of anilines is 1. The minimum Gasteiger partial charge on any atom is -0.494 e. The number of ether oxygens (including phenoxy) is 1. The van der Waals surface area contributed by atoms with Crippen molar-refractivity contribution in [3.63, 3.8) is 0 Å². The lowest BCUT2D eigenvalue weighted by atomic mass is 10.0. The van der Waals surface area contributed by atoms with Gasteiger partial charge in [-0.25, -0.2) is 22.9 Å². The van der Waals surface area contributed by atoms with E-state index in [1.165, 1.54) is 0 Å². The predicted molar refractivity (Wildman–Crippen MR) is 97.0 cm³/mol. The molecule has 1 fully saturated rings. The molecule has 0 aliphatic carbocycles. The van der Waals surface area contributed by atoms with E-state index in [9.17, 15) is 35.9 Å². The van der Waals surface area contributed by atoms with Crippen LogP contribution in [0.5, 0.6) is 5.75 Å². The number of imide groups is 1. The maximum Gasteiger partial charge on any atom is 0.419 e. The summed E-state index contributed by atoms with van der Waals surface area (Å²) in [6, 6.07) is 1.63. The van der Waals surface area contributed by atoms with Gasteiger partial charge in [0.1, 0.15) is 11.4 Å². The van der Waals surface area contributed by atoms with E-state index in [0.29, 0.717) is 6.07 Å². The highest BCUT2D eigenvalue weighted by molar-refractivity contribution is 6.23. The molecule has 1 aliphatic heterocycles. The number of hydrogen-bond acceptors (Lipinski definition) is 3. The zero-order valence-corrected chi connectivity index (χ0v) is 16.7. The number of alkyl halides is 4. The molecule has 1 aliphatic rings. The van der Waals surface area contributed by atoms with Crippen molar-refractivity contribution < 1.29 is 45.1 Å². The summed E-state index contributed by atoms with van der Waals surface area (Å²) in [5, 5.41) is 0.